The van der Waals surface area contributed by atoms with Crippen molar-refractivity contribution in [3.8, 4) is 44.9 Å². The second-order valence-corrected chi connectivity index (χ2v) is 32.1. The molecule has 8 aromatic carbocycles. The summed E-state index contributed by atoms with van der Waals surface area (Å²) in [4.78, 5) is 0. The Morgan fingerprint density at radius 1 is 0.402 bits per heavy atom. The van der Waals surface area contributed by atoms with E-state index in [1.807, 2.05) is 0 Å². The van der Waals surface area contributed by atoms with Gasteiger partial charge in [-0.1, -0.05) is 239 Å². The molecule has 1 spiro atoms. The van der Waals surface area contributed by atoms with Gasteiger partial charge in [0.05, 0.1) is 16.6 Å². The SMILES string of the molecule is CC(C)(C)c1ccc(-c2c(-c3ccc(C(C)(C)C)cc3)n3c4c(cc(C(C)(C)C)cc24)B2c4c-3ccc3c4-n4c5c2cc2c(c5c5c6c(cc(c54)C34c3ccccc3-c3ccccc34)C(C)(C)CCC6(C)C)C(C)(C)CCC2(C)C)cc1. The van der Waals surface area contributed by atoms with Crippen LogP contribution in [0.15, 0.2) is 133 Å². The zero-order valence-corrected chi connectivity index (χ0v) is 52.0. The Morgan fingerprint density at radius 3 is 1.44 bits per heavy atom. The van der Waals surface area contributed by atoms with E-state index in [0.717, 1.165) is 25.7 Å². The second kappa shape index (κ2) is 15.5. The topological polar surface area (TPSA) is 9.86 Å². The first-order valence-corrected chi connectivity index (χ1v) is 31.1. The Morgan fingerprint density at radius 2 is 0.890 bits per heavy atom. The fraction of sp³-hybridized carbons (Fsp3) is 0.367. The van der Waals surface area contributed by atoms with E-state index in [-0.39, 0.29) is 44.6 Å². The van der Waals surface area contributed by atoms with Crippen LogP contribution in [-0.4, -0.2) is 15.8 Å². The first-order valence-electron chi connectivity index (χ1n) is 31.1. The van der Waals surface area contributed by atoms with Gasteiger partial charge in [0, 0.05) is 44.1 Å². The van der Waals surface area contributed by atoms with Gasteiger partial charge in [-0.25, -0.2) is 0 Å². The van der Waals surface area contributed by atoms with E-state index in [0.29, 0.717) is 0 Å². The van der Waals surface area contributed by atoms with E-state index in [9.17, 15) is 0 Å². The number of rotatable bonds is 2. The molecule has 0 atom stereocenters. The lowest BCUT2D eigenvalue weighted by Gasteiger charge is -2.47. The van der Waals surface area contributed by atoms with Gasteiger partial charge in [0.1, 0.15) is 0 Å². The fourth-order valence-electron chi connectivity index (χ4n) is 17.6. The third-order valence-electron chi connectivity index (χ3n) is 22.2. The maximum absolute atomic E-state index is 2.94. The first kappa shape index (κ1) is 50.9. The number of aromatic nitrogens is 2. The molecule has 3 heteroatoms. The van der Waals surface area contributed by atoms with E-state index < -0.39 is 5.41 Å². The van der Waals surface area contributed by atoms with E-state index in [2.05, 4.69) is 260 Å². The molecular weight excluding hydrogens is 988 g/mol. The van der Waals surface area contributed by atoms with Crippen LogP contribution in [-0.2, 0) is 43.3 Å². The average Bonchev–Trinajstić information content (AvgIpc) is 1.52. The molecule has 0 radical (unpaired) electrons. The Balaban J connectivity index is 1.18. The first-order chi connectivity index (χ1) is 38.6. The maximum Gasteiger partial charge on any atom is 0.252 e. The molecule has 6 aliphatic rings. The highest BCUT2D eigenvalue weighted by molar-refractivity contribution is 7.00. The summed E-state index contributed by atoms with van der Waals surface area (Å²) >= 11 is 0. The summed E-state index contributed by atoms with van der Waals surface area (Å²) in [6, 6.07) is 54.6. The van der Waals surface area contributed by atoms with Crippen molar-refractivity contribution < 1.29 is 0 Å². The van der Waals surface area contributed by atoms with Gasteiger partial charge in [0.15, 0.2) is 0 Å². The number of nitrogens with zero attached hydrogens (tertiary/aromatic N) is 2. The fourth-order valence-corrected chi connectivity index (χ4v) is 17.6. The second-order valence-electron chi connectivity index (χ2n) is 32.1. The molecule has 0 fully saturated rings. The van der Waals surface area contributed by atoms with Crippen LogP contribution in [0.2, 0.25) is 0 Å². The molecule has 0 N–H and O–H groups in total. The van der Waals surface area contributed by atoms with Crippen molar-refractivity contribution in [1.82, 2.24) is 9.13 Å². The van der Waals surface area contributed by atoms with Gasteiger partial charge in [-0.2, -0.15) is 0 Å². The van der Waals surface area contributed by atoms with Crippen molar-refractivity contribution in [3.63, 3.8) is 0 Å². The molecule has 5 heterocycles. The largest absolute Gasteiger partial charge is 0.310 e. The molecule has 82 heavy (non-hydrogen) atoms. The lowest BCUT2D eigenvalue weighted by Crippen LogP contribution is -2.61. The summed E-state index contributed by atoms with van der Waals surface area (Å²) in [6.45, 7) is 42.0. The van der Waals surface area contributed by atoms with Crippen LogP contribution in [0.3, 0.4) is 0 Å². The molecule has 2 nitrogen and oxygen atoms in total. The molecule has 3 aliphatic carbocycles. The molecule has 0 saturated heterocycles. The molecule has 2 aromatic heterocycles. The summed E-state index contributed by atoms with van der Waals surface area (Å²) in [6.07, 6.45) is 4.64. The third-order valence-corrected chi connectivity index (χ3v) is 22.2. The number of benzene rings is 8. The number of fused-ring (bicyclic) bond motifs is 15. The van der Waals surface area contributed by atoms with E-state index >= 15 is 0 Å². The van der Waals surface area contributed by atoms with Crippen molar-refractivity contribution >= 4 is 55.8 Å². The summed E-state index contributed by atoms with van der Waals surface area (Å²) < 4.78 is 5.72. The van der Waals surface area contributed by atoms with Crippen LogP contribution in [0.25, 0.3) is 77.6 Å². The minimum atomic E-state index is -0.575. The molecule has 0 saturated carbocycles. The highest BCUT2D eigenvalue weighted by Gasteiger charge is 2.57. The van der Waals surface area contributed by atoms with Crippen molar-refractivity contribution in [3.05, 3.63) is 195 Å². The Hall–Kier alpha value is -6.84. The van der Waals surface area contributed by atoms with Gasteiger partial charge in [-0.05, 0) is 176 Å². The smallest absolute Gasteiger partial charge is 0.252 e. The van der Waals surface area contributed by atoms with Crippen molar-refractivity contribution in [2.45, 2.75) is 187 Å². The highest BCUT2D eigenvalue weighted by Crippen LogP contribution is 2.65. The summed E-state index contributed by atoms with van der Waals surface area (Å²) in [5, 5.41) is 4.44. The minimum absolute atomic E-state index is 0.0185. The van der Waals surface area contributed by atoms with Crippen molar-refractivity contribution in [2.75, 3.05) is 0 Å². The summed E-state index contributed by atoms with van der Waals surface area (Å²) in [5.74, 6) is 0. The standard InChI is InChI=1S/C79H81BN2/c1-72(2,3)46-30-26-44(27-31-46)61-51-40-48(74(7,8)9)41-58-68(51)81(67(61)45-28-32-47(33-29-45)73(4,5)6)60-35-34-54-70-66(60)80(58)59-43-56-65(78(16,17)39-37-76(56,12)13)63-62-64-55(75(10,11)36-38-77(64,14)15)42-57(69(62)82(70)71(59)63)79(54)52-24-20-18-22-49(52)50-23-19-21-25-53(50)79/h18-35,40-43H,36-39H2,1-17H3. The molecule has 3 aliphatic heterocycles. The van der Waals surface area contributed by atoms with E-state index in [4.69, 9.17) is 0 Å². The van der Waals surface area contributed by atoms with Crippen LogP contribution >= 0.6 is 0 Å². The van der Waals surface area contributed by atoms with Gasteiger partial charge in [0.2, 0.25) is 0 Å². The third kappa shape index (κ3) is 6.19. The Kier molecular flexibility index (Phi) is 9.60. The number of hydrogen-bond donors (Lipinski definition) is 0. The Bertz CT molecular complexity index is 4490. The van der Waals surface area contributed by atoms with Gasteiger partial charge in [-0.3, -0.25) is 0 Å². The maximum atomic E-state index is 2.94. The zero-order chi connectivity index (χ0) is 57.3. The van der Waals surface area contributed by atoms with E-state index in [1.54, 1.807) is 33.0 Å². The summed E-state index contributed by atoms with van der Waals surface area (Å²) in [5.41, 5.74) is 34.6. The van der Waals surface area contributed by atoms with Crippen molar-refractivity contribution in [2.24, 2.45) is 0 Å². The van der Waals surface area contributed by atoms with Crippen LogP contribution in [0.4, 0.5) is 0 Å². The average molecular weight is 1070 g/mol. The highest BCUT2D eigenvalue weighted by atomic mass is 15.1. The molecule has 10 aromatic rings. The molecule has 0 amide bonds. The van der Waals surface area contributed by atoms with Crippen LogP contribution in [0.1, 0.15) is 205 Å². The zero-order valence-electron chi connectivity index (χ0n) is 52.0. The van der Waals surface area contributed by atoms with Crippen molar-refractivity contribution in [1.29, 1.82) is 0 Å². The van der Waals surface area contributed by atoms with Crippen LogP contribution in [0.5, 0.6) is 0 Å². The normalized spacial score (nSPS) is 18.6. The van der Waals surface area contributed by atoms with Gasteiger partial charge in [-0.15, -0.1) is 0 Å². The lowest BCUT2D eigenvalue weighted by atomic mass is 9.33. The molecule has 16 rings (SSSR count). The quantitative estimate of drug-likeness (QED) is 0.153. The van der Waals surface area contributed by atoms with Crippen LogP contribution < -0.4 is 16.4 Å². The molecule has 0 unspecified atom stereocenters. The molecule has 0 bridgehead atoms. The summed E-state index contributed by atoms with van der Waals surface area (Å²) in [7, 11) is 0. The van der Waals surface area contributed by atoms with Gasteiger partial charge in [0.25, 0.3) is 6.71 Å². The number of hydrogen-bond acceptors (Lipinski definition) is 0. The minimum Gasteiger partial charge on any atom is -0.310 e. The monoisotopic (exact) mass is 1070 g/mol. The predicted molar refractivity (Wildman–Crippen MR) is 351 cm³/mol. The Labute approximate surface area is 488 Å². The molecule has 410 valence electrons. The predicted octanol–water partition coefficient (Wildman–Crippen LogP) is 18.5. The lowest BCUT2D eigenvalue weighted by molar-refractivity contribution is 0.333. The van der Waals surface area contributed by atoms with Crippen LogP contribution in [0, 0.1) is 0 Å². The van der Waals surface area contributed by atoms with Gasteiger partial charge >= 0.3 is 0 Å². The van der Waals surface area contributed by atoms with Gasteiger partial charge < -0.3 is 9.13 Å². The van der Waals surface area contributed by atoms with E-state index in [1.165, 1.54) is 122 Å². The molecular formula is C79H81BN2.